The largest absolute Gasteiger partial charge is 0.425 e. The van der Waals surface area contributed by atoms with E-state index in [1.165, 1.54) is 0 Å². The summed E-state index contributed by atoms with van der Waals surface area (Å²) in [6, 6.07) is 6.55. The normalized spacial score (nSPS) is 9.00. The number of ether oxygens (including phenoxy) is 1. The van der Waals surface area contributed by atoms with Gasteiger partial charge in [-0.2, -0.15) is 10.8 Å². The highest BCUT2D eigenvalue weighted by molar-refractivity contribution is 5.40. The first kappa shape index (κ1) is 9.21. The highest BCUT2D eigenvalue weighted by atomic mass is 17.1. The average molecular weight is 181 g/mol. The van der Waals surface area contributed by atoms with E-state index in [9.17, 15) is 0 Å². The second-order valence-electron chi connectivity index (χ2n) is 2.19. The lowest BCUT2D eigenvalue weighted by atomic mass is 10.3. The third-order valence-electron chi connectivity index (χ3n) is 1.32. The minimum atomic E-state index is -0.197. The van der Waals surface area contributed by atoms with Crippen LogP contribution in [-0.4, -0.2) is 5.26 Å². The Hall–Kier alpha value is -1.88. The van der Waals surface area contributed by atoms with Gasteiger partial charge in [0.05, 0.1) is 0 Å². The predicted octanol–water partition coefficient (Wildman–Crippen LogP) is 0.869. The van der Waals surface area contributed by atoms with Crippen LogP contribution in [0, 0.1) is 0 Å². The first-order valence-electron chi connectivity index (χ1n) is 3.45. The van der Waals surface area contributed by atoms with Crippen molar-refractivity contribution in [3.8, 4) is 5.75 Å². The zero-order valence-electron chi connectivity index (χ0n) is 6.80. The fourth-order valence-corrected chi connectivity index (χ4v) is 0.750. The summed E-state index contributed by atoms with van der Waals surface area (Å²) in [5, 5.41) is 11.6. The molecular weight excluding hydrogens is 172 g/mol. The van der Waals surface area contributed by atoms with Gasteiger partial charge in [-0.1, -0.05) is 0 Å². The molecule has 1 aromatic rings. The lowest BCUT2D eigenvalue weighted by Crippen LogP contribution is -2.21. The molecule has 0 bridgehead atoms. The number of benzene rings is 1. The van der Waals surface area contributed by atoms with E-state index in [2.05, 4.69) is 16.6 Å². The monoisotopic (exact) mass is 181 g/mol. The maximum Gasteiger partial charge on any atom is 0.314 e. The molecule has 0 aliphatic carbocycles. The van der Waals surface area contributed by atoms with Crippen molar-refractivity contribution in [3.05, 3.63) is 36.8 Å². The smallest absolute Gasteiger partial charge is 0.314 e. The van der Waals surface area contributed by atoms with Gasteiger partial charge in [-0.25, -0.2) is 0 Å². The van der Waals surface area contributed by atoms with Gasteiger partial charge in [0.2, 0.25) is 0 Å². The van der Waals surface area contributed by atoms with Crippen molar-refractivity contribution in [1.29, 1.82) is 0 Å². The van der Waals surface area contributed by atoms with Crippen molar-refractivity contribution >= 4 is 5.69 Å². The molecular formula is C8H9N2O3+. The van der Waals surface area contributed by atoms with Crippen molar-refractivity contribution in [1.82, 2.24) is 0 Å². The molecule has 13 heavy (non-hydrogen) atoms. The topological polar surface area (TPSA) is 76.6 Å². The number of hydrogen-bond donors (Lipinski definition) is 2. The summed E-state index contributed by atoms with van der Waals surface area (Å²) in [4.78, 5) is 3.75. The van der Waals surface area contributed by atoms with Crippen molar-refractivity contribution in [3.63, 3.8) is 0 Å². The predicted molar refractivity (Wildman–Crippen MR) is 43.9 cm³/mol. The fourth-order valence-electron chi connectivity index (χ4n) is 0.750. The van der Waals surface area contributed by atoms with E-state index < -0.39 is 0 Å². The molecule has 5 heteroatoms. The minimum Gasteiger partial charge on any atom is -0.425 e. The van der Waals surface area contributed by atoms with E-state index in [1.54, 1.807) is 24.3 Å². The van der Waals surface area contributed by atoms with E-state index in [1.807, 2.05) is 0 Å². The number of hydrogen-bond acceptors (Lipinski definition) is 4. The summed E-state index contributed by atoms with van der Waals surface area (Å²) in [5.74, 6) is 0.281. The summed E-state index contributed by atoms with van der Waals surface area (Å²) >= 11 is 0. The molecule has 0 unspecified atom stereocenters. The van der Waals surface area contributed by atoms with Crippen LogP contribution in [0.15, 0.2) is 41.9 Å². The Morgan fingerprint density at radius 3 is 2.46 bits per heavy atom. The van der Waals surface area contributed by atoms with E-state index in [0.29, 0.717) is 11.4 Å². The molecule has 1 aromatic carbocycles. The first-order chi connectivity index (χ1) is 6.26. The van der Waals surface area contributed by atoms with Crippen LogP contribution in [0.1, 0.15) is 0 Å². The quantitative estimate of drug-likeness (QED) is 0.313. The third-order valence-corrected chi connectivity index (χ3v) is 1.32. The van der Waals surface area contributed by atoms with Gasteiger partial charge in [0.1, 0.15) is 11.4 Å². The van der Waals surface area contributed by atoms with Gasteiger partial charge in [-0.15, -0.1) is 0 Å². The molecule has 0 heterocycles. The van der Waals surface area contributed by atoms with Crippen molar-refractivity contribution in [2.45, 2.75) is 0 Å². The van der Waals surface area contributed by atoms with Gasteiger partial charge >= 0.3 is 5.95 Å². The van der Waals surface area contributed by atoms with Crippen LogP contribution in [0.3, 0.4) is 0 Å². The Balaban J connectivity index is 2.69. The maximum absolute atomic E-state index is 8.13. The van der Waals surface area contributed by atoms with Crippen LogP contribution in [0.2, 0.25) is 0 Å². The summed E-state index contributed by atoms with van der Waals surface area (Å²) < 4.78 is 4.91. The molecule has 0 radical (unpaired) electrons. The minimum absolute atomic E-state index is 0.197. The molecule has 0 atom stereocenters. The van der Waals surface area contributed by atoms with Gasteiger partial charge in [-0.05, 0) is 36.0 Å². The van der Waals surface area contributed by atoms with E-state index in [-0.39, 0.29) is 5.95 Å². The second kappa shape index (κ2) is 4.22. The van der Waals surface area contributed by atoms with Crippen LogP contribution in [0.25, 0.3) is 0 Å². The summed E-state index contributed by atoms with van der Waals surface area (Å²) in [5.41, 5.74) is 5.66. The molecule has 1 rings (SSSR count). The lowest BCUT2D eigenvalue weighted by molar-refractivity contribution is -0.230. The number of nitrogens with two attached hydrogens (primary N) is 1. The number of rotatable bonds is 4. The van der Waals surface area contributed by atoms with Crippen molar-refractivity contribution in [2.24, 2.45) is 5.11 Å². The Morgan fingerprint density at radius 2 is 2.00 bits per heavy atom. The molecule has 0 saturated heterocycles. The maximum atomic E-state index is 8.13. The van der Waals surface area contributed by atoms with Gasteiger partial charge in [-0.3, -0.25) is 0 Å². The zero-order chi connectivity index (χ0) is 9.68. The Bertz CT molecular complexity index is 308. The molecule has 0 fully saturated rings. The Kier molecular flexibility index (Phi) is 2.99. The molecule has 5 nitrogen and oxygen atoms in total. The van der Waals surface area contributed by atoms with Crippen LogP contribution in [0.5, 0.6) is 5.75 Å². The third kappa shape index (κ3) is 2.57. The van der Waals surface area contributed by atoms with Gasteiger partial charge in [0.25, 0.3) is 0 Å². The average Bonchev–Trinajstić information content (AvgIpc) is 2.19. The summed E-state index contributed by atoms with van der Waals surface area (Å²) in [7, 11) is 0. The summed E-state index contributed by atoms with van der Waals surface area (Å²) in [6.45, 7) is 3.27. The van der Waals surface area contributed by atoms with Crippen LogP contribution >= 0.6 is 0 Å². The molecule has 0 spiro atoms. The highest BCUT2D eigenvalue weighted by Gasteiger charge is 1.98. The Labute approximate surface area is 74.7 Å². The first-order valence-corrected chi connectivity index (χ1v) is 3.45. The van der Waals surface area contributed by atoms with Gasteiger partial charge in [0, 0.05) is 0 Å². The molecule has 0 aliphatic rings. The van der Waals surface area contributed by atoms with E-state index in [0.717, 1.165) is 0 Å². The molecule has 68 valence electrons. The number of nitrogens with zero attached hydrogens (tertiary/aromatic N) is 1. The lowest BCUT2D eigenvalue weighted by Gasteiger charge is -2.03. The van der Waals surface area contributed by atoms with Crippen LogP contribution < -0.4 is 10.3 Å². The van der Waals surface area contributed by atoms with Crippen LogP contribution in [-0.2, 0) is 4.89 Å². The van der Waals surface area contributed by atoms with E-state index in [4.69, 9.17) is 15.5 Å². The van der Waals surface area contributed by atoms with Crippen molar-refractivity contribution < 1.29 is 20.4 Å². The van der Waals surface area contributed by atoms with E-state index >= 15 is 0 Å². The fraction of sp³-hybridized carbons (Fsp3) is 0. The second-order valence-corrected chi connectivity index (χ2v) is 2.19. The molecule has 0 saturated carbocycles. The SMILES string of the molecule is C=C(OO)Oc1ccc(N=[NH2+])cc1. The van der Waals surface area contributed by atoms with Gasteiger partial charge < -0.3 is 9.62 Å². The van der Waals surface area contributed by atoms with Crippen molar-refractivity contribution in [2.75, 3.05) is 0 Å². The molecule has 0 amide bonds. The molecule has 3 N–H and O–H groups in total. The standard InChI is InChI=1S/C8H8N2O3/c1-6(13-11)12-8-4-2-7(10-9)3-5-8/h2-5,9,11H,1H2/p+1. The molecule has 0 aliphatic heterocycles. The highest BCUT2D eigenvalue weighted by Crippen LogP contribution is 2.18. The van der Waals surface area contributed by atoms with Gasteiger partial charge in [0.15, 0.2) is 0 Å². The summed E-state index contributed by atoms with van der Waals surface area (Å²) in [6.07, 6.45) is 0. The van der Waals surface area contributed by atoms with Crippen LogP contribution in [0.4, 0.5) is 5.69 Å². The Morgan fingerprint density at radius 1 is 1.38 bits per heavy atom. The molecule has 0 aromatic heterocycles. The zero-order valence-corrected chi connectivity index (χ0v) is 6.80.